The van der Waals surface area contributed by atoms with E-state index in [1.165, 1.54) is 12.1 Å². The fraction of sp³-hybridized carbons (Fsp3) is 0.357. The molecule has 0 amide bonds. The Labute approximate surface area is 119 Å². The van der Waals surface area contributed by atoms with Crippen molar-refractivity contribution in [3.05, 3.63) is 29.8 Å². The standard InChI is InChI=1S/C14H17NO4S/c1-4-5-13(14(16)17)15-20(18,19)12-8-6-11(7-9-12)10(2)3/h1,6-10,13,15H,5H2,2-3H3,(H,16,17). The van der Waals surface area contributed by atoms with Crippen LogP contribution in [-0.2, 0) is 14.8 Å². The first-order valence-corrected chi connectivity index (χ1v) is 7.55. The summed E-state index contributed by atoms with van der Waals surface area (Å²) in [5.74, 6) is 1.12. The van der Waals surface area contributed by atoms with E-state index in [2.05, 4.69) is 10.6 Å². The molecule has 6 heteroatoms. The number of hydrogen-bond donors (Lipinski definition) is 2. The smallest absolute Gasteiger partial charge is 0.322 e. The van der Waals surface area contributed by atoms with Gasteiger partial charge in [-0.1, -0.05) is 26.0 Å². The highest BCUT2D eigenvalue weighted by Crippen LogP contribution is 2.17. The Hall–Kier alpha value is -1.84. The average Bonchev–Trinajstić information content (AvgIpc) is 2.38. The van der Waals surface area contributed by atoms with Crippen molar-refractivity contribution < 1.29 is 18.3 Å². The highest BCUT2D eigenvalue weighted by Gasteiger charge is 2.24. The Balaban J connectivity index is 2.99. The SMILES string of the molecule is C#CCC(NS(=O)(=O)c1ccc(C(C)C)cc1)C(=O)O. The van der Waals surface area contributed by atoms with E-state index in [1.54, 1.807) is 12.1 Å². The van der Waals surface area contributed by atoms with Crippen molar-refractivity contribution in [2.75, 3.05) is 0 Å². The Bertz CT molecular complexity index is 612. The number of aliphatic carboxylic acids is 1. The second-order valence-electron chi connectivity index (χ2n) is 4.64. The number of carbonyl (C=O) groups is 1. The molecule has 0 spiro atoms. The quantitative estimate of drug-likeness (QED) is 0.780. The third-order valence-electron chi connectivity index (χ3n) is 2.77. The van der Waals surface area contributed by atoms with Crippen LogP contribution in [0.3, 0.4) is 0 Å². The maximum atomic E-state index is 12.1. The average molecular weight is 295 g/mol. The number of nitrogens with one attached hydrogen (secondary N) is 1. The molecular formula is C14H17NO4S. The molecule has 0 heterocycles. The van der Waals surface area contributed by atoms with Gasteiger partial charge in [-0.15, -0.1) is 12.3 Å². The Morgan fingerprint density at radius 3 is 2.30 bits per heavy atom. The summed E-state index contributed by atoms with van der Waals surface area (Å²) in [7, 11) is -3.90. The number of benzene rings is 1. The molecule has 0 saturated carbocycles. The predicted octanol–water partition coefficient (Wildman–Crippen LogP) is 1.56. The molecule has 0 aromatic heterocycles. The predicted molar refractivity (Wildman–Crippen MR) is 75.7 cm³/mol. The number of hydrogen-bond acceptors (Lipinski definition) is 3. The van der Waals surface area contributed by atoms with Gasteiger partial charge in [0.25, 0.3) is 0 Å². The summed E-state index contributed by atoms with van der Waals surface area (Å²) in [6, 6.07) is 4.99. The normalized spacial score (nSPS) is 12.9. The van der Waals surface area contributed by atoms with Gasteiger partial charge in [0.15, 0.2) is 0 Å². The van der Waals surface area contributed by atoms with Crippen molar-refractivity contribution in [2.24, 2.45) is 0 Å². The van der Waals surface area contributed by atoms with Crippen LogP contribution in [0.5, 0.6) is 0 Å². The third kappa shape index (κ3) is 4.08. The van der Waals surface area contributed by atoms with Crippen LogP contribution in [0.15, 0.2) is 29.2 Å². The lowest BCUT2D eigenvalue weighted by atomic mass is 10.0. The van der Waals surface area contributed by atoms with Crippen molar-refractivity contribution in [3.8, 4) is 12.3 Å². The highest BCUT2D eigenvalue weighted by molar-refractivity contribution is 7.89. The summed E-state index contributed by atoms with van der Waals surface area (Å²) in [6.07, 6.45) is 4.82. The van der Waals surface area contributed by atoms with E-state index in [9.17, 15) is 13.2 Å². The van der Waals surface area contributed by atoms with E-state index in [1.807, 2.05) is 13.8 Å². The second kappa shape index (κ2) is 6.55. The van der Waals surface area contributed by atoms with Crippen LogP contribution < -0.4 is 4.72 Å². The Kier molecular flexibility index (Phi) is 5.31. The Morgan fingerprint density at radius 2 is 1.90 bits per heavy atom. The number of carboxylic acid groups (broad SMARTS) is 1. The first-order valence-electron chi connectivity index (χ1n) is 6.06. The summed E-state index contributed by atoms with van der Waals surface area (Å²) in [5.41, 5.74) is 1.00. The zero-order valence-corrected chi connectivity index (χ0v) is 12.1. The summed E-state index contributed by atoms with van der Waals surface area (Å²) < 4.78 is 26.2. The first kappa shape index (κ1) is 16.2. The number of terminal acetylenes is 1. The van der Waals surface area contributed by atoms with Gasteiger partial charge in [-0.2, -0.15) is 4.72 Å². The van der Waals surface area contributed by atoms with Crippen LogP contribution in [0, 0.1) is 12.3 Å². The van der Waals surface area contributed by atoms with Crippen LogP contribution in [0.1, 0.15) is 31.7 Å². The van der Waals surface area contributed by atoms with Crippen LogP contribution in [-0.4, -0.2) is 25.5 Å². The molecule has 108 valence electrons. The van der Waals surface area contributed by atoms with Gasteiger partial charge < -0.3 is 5.11 Å². The minimum atomic E-state index is -3.90. The zero-order chi connectivity index (χ0) is 15.3. The van der Waals surface area contributed by atoms with Crippen molar-refractivity contribution in [1.82, 2.24) is 4.72 Å². The summed E-state index contributed by atoms with van der Waals surface area (Å²) in [6.45, 7) is 3.99. The van der Waals surface area contributed by atoms with E-state index < -0.39 is 22.0 Å². The summed E-state index contributed by atoms with van der Waals surface area (Å²) in [5, 5.41) is 8.91. The van der Waals surface area contributed by atoms with Crippen LogP contribution >= 0.6 is 0 Å². The first-order chi connectivity index (χ1) is 9.27. The lowest BCUT2D eigenvalue weighted by Gasteiger charge is -2.13. The van der Waals surface area contributed by atoms with Gasteiger partial charge in [-0.05, 0) is 23.6 Å². The molecule has 1 rings (SSSR count). The second-order valence-corrected chi connectivity index (χ2v) is 6.36. The maximum absolute atomic E-state index is 12.1. The zero-order valence-electron chi connectivity index (χ0n) is 11.3. The van der Waals surface area contributed by atoms with Crippen molar-refractivity contribution in [2.45, 2.75) is 37.1 Å². The van der Waals surface area contributed by atoms with E-state index in [-0.39, 0.29) is 17.2 Å². The van der Waals surface area contributed by atoms with Gasteiger partial charge in [-0.25, -0.2) is 8.42 Å². The number of carboxylic acids is 1. The fourth-order valence-corrected chi connectivity index (χ4v) is 2.77. The number of sulfonamides is 1. The van der Waals surface area contributed by atoms with Gasteiger partial charge in [0, 0.05) is 6.42 Å². The van der Waals surface area contributed by atoms with Gasteiger partial charge in [-0.3, -0.25) is 4.79 Å². The van der Waals surface area contributed by atoms with E-state index in [4.69, 9.17) is 11.5 Å². The molecule has 1 atom stereocenters. The van der Waals surface area contributed by atoms with Crippen LogP contribution in [0.2, 0.25) is 0 Å². The molecular weight excluding hydrogens is 278 g/mol. The van der Waals surface area contributed by atoms with Crippen molar-refractivity contribution in [3.63, 3.8) is 0 Å². The van der Waals surface area contributed by atoms with E-state index >= 15 is 0 Å². The largest absolute Gasteiger partial charge is 0.480 e. The molecule has 2 N–H and O–H groups in total. The van der Waals surface area contributed by atoms with Crippen molar-refractivity contribution >= 4 is 16.0 Å². The molecule has 0 bridgehead atoms. The van der Waals surface area contributed by atoms with Gasteiger partial charge >= 0.3 is 5.97 Å². The molecule has 5 nitrogen and oxygen atoms in total. The third-order valence-corrected chi connectivity index (χ3v) is 4.26. The Morgan fingerprint density at radius 1 is 1.35 bits per heavy atom. The molecule has 1 aromatic carbocycles. The molecule has 0 aliphatic rings. The van der Waals surface area contributed by atoms with Gasteiger partial charge in [0.05, 0.1) is 4.90 Å². The lowest BCUT2D eigenvalue weighted by molar-refractivity contribution is -0.138. The molecule has 1 aromatic rings. The molecule has 0 radical (unpaired) electrons. The molecule has 0 aliphatic heterocycles. The molecule has 0 saturated heterocycles. The van der Waals surface area contributed by atoms with Gasteiger partial charge in [0.1, 0.15) is 6.04 Å². The topological polar surface area (TPSA) is 83.5 Å². The van der Waals surface area contributed by atoms with E-state index in [0.29, 0.717) is 0 Å². The molecule has 0 aliphatic carbocycles. The minimum absolute atomic E-state index is 0.0187. The highest BCUT2D eigenvalue weighted by atomic mass is 32.2. The van der Waals surface area contributed by atoms with Gasteiger partial charge in [0.2, 0.25) is 10.0 Å². The lowest BCUT2D eigenvalue weighted by Crippen LogP contribution is -2.40. The molecule has 0 fully saturated rings. The van der Waals surface area contributed by atoms with Crippen LogP contribution in [0.25, 0.3) is 0 Å². The van der Waals surface area contributed by atoms with Crippen LogP contribution in [0.4, 0.5) is 0 Å². The monoisotopic (exact) mass is 295 g/mol. The van der Waals surface area contributed by atoms with Crippen molar-refractivity contribution in [1.29, 1.82) is 0 Å². The molecule has 20 heavy (non-hydrogen) atoms. The summed E-state index contributed by atoms with van der Waals surface area (Å²) in [4.78, 5) is 10.9. The van der Waals surface area contributed by atoms with E-state index in [0.717, 1.165) is 5.56 Å². The maximum Gasteiger partial charge on any atom is 0.322 e. The fourth-order valence-electron chi connectivity index (χ4n) is 1.58. The minimum Gasteiger partial charge on any atom is -0.480 e. The number of rotatable bonds is 6. The molecule has 1 unspecified atom stereocenters. The summed E-state index contributed by atoms with van der Waals surface area (Å²) >= 11 is 0.